The Balaban J connectivity index is 2.00. The van der Waals surface area contributed by atoms with E-state index in [9.17, 15) is 23.5 Å². The monoisotopic (exact) mass is 572 g/mol. The number of nitrogens with one attached hydrogen (secondary N) is 1. The van der Waals surface area contributed by atoms with Gasteiger partial charge in [0.1, 0.15) is 17.4 Å². The van der Waals surface area contributed by atoms with Gasteiger partial charge in [-0.15, -0.1) is 0 Å². The van der Waals surface area contributed by atoms with Crippen LogP contribution in [0.3, 0.4) is 0 Å². The van der Waals surface area contributed by atoms with E-state index in [0.717, 1.165) is 24.5 Å². The van der Waals surface area contributed by atoms with Crippen molar-refractivity contribution in [1.29, 1.82) is 0 Å². The number of aliphatic hydroxyl groups is 1. The molecule has 1 aliphatic carbocycles. The van der Waals surface area contributed by atoms with Crippen LogP contribution in [0.25, 0.3) is 0 Å². The van der Waals surface area contributed by atoms with Crippen LogP contribution in [0.5, 0.6) is 0 Å². The highest BCUT2D eigenvalue weighted by molar-refractivity contribution is 5.96. The van der Waals surface area contributed by atoms with Gasteiger partial charge < -0.3 is 25.6 Å². The fraction of sp³-hybridized carbons (Fsp3) is 0.516. The largest absolute Gasteiger partial charge is 0.391 e. The van der Waals surface area contributed by atoms with E-state index in [1.54, 1.807) is 30.9 Å². The smallest absolute Gasteiger partial charge is 0.249 e. The standard InChI is InChI=1S/C31H42F2N4O4/c1-6-8-37(9-7-2)29(39)23-10-19(3)15-31(16-23,30(34)40)27(13-22-11-24(32)14-25(33)12-22)28(38)18-35-17-26-20(4)36-41-21(26)5/h10-12,14-15,27-28,35,38H,6-9,13,16-18H2,1-5H3,(H2,34,40)/t27-,28+,31?/m1/s1. The molecule has 0 aliphatic heterocycles. The van der Waals surface area contributed by atoms with E-state index >= 15 is 0 Å². The maximum atomic E-state index is 14.2. The summed E-state index contributed by atoms with van der Waals surface area (Å²) in [4.78, 5) is 28.7. The lowest BCUT2D eigenvalue weighted by Gasteiger charge is -2.42. The highest BCUT2D eigenvalue weighted by Crippen LogP contribution is 2.44. The molecular weight excluding hydrogens is 530 g/mol. The molecule has 0 spiro atoms. The van der Waals surface area contributed by atoms with Crippen LogP contribution in [0.4, 0.5) is 8.78 Å². The van der Waals surface area contributed by atoms with Gasteiger partial charge in [-0.05, 0) is 64.2 Å². The highest BCUT2D eigenvalue weighted by Gasteiger charge is 2.48. The zero-order valence-corrected chi connectivity index (χ0v) is 24.6. The minimum Gasteiger partial charge on any atom is -0.391 e. The van der Waals surface area contributed by atoms with E-state index in [1.807, 2.05) is 20.8 Å². The van der Waals surface area contributed by atoms with Crippen molar-refractivity contribution in [3.63, 3.8) is 0 Å². The van der Waals surface area contributed by atoms with Gasteiger partial charge in [0.2, 0.25) is 11.8 Å². The topological polar surface area (TPSA) is 122 Å². The highest BCUT2D eigenvalue weighted by atomic mass is 19.1. The summed E-state index contributed by atoms with van der Waals surface area (Å²) in [6.07, 6.45) is 3.74. The predicted molar refractivity (Wildman–Crippen MR) is 152 cm³/mol. The number of rotatable bonds is 14. The molecule has 0 radical (unpaired) electrons. The molecule has 0 bridgehead atoms. The first-order valence-corrected chi connectivity index (χ1v) is 14.2. The number of nitrogens with two attached hydrogens (primary N) is 1. The molecule has 10 heteroatoms. The number of nitrogens with zero attached hydrogens (tertiary/aromatic N) is 2. The Labute approximate surface area is 240 Å². The zero-order valence-electron chi connectivity index (χ0n) is 24.6. The molecule has 3 atom stereocenters. The lowest BCUT2D eigenvalue weighted by Crippen LogP contribution is -2.51. The van der Waals surface area contributed by atoms with E-state index < -0.39 is 35.0 Å². The van der Waals surface area contributed by atoms with Crippen LogP contribution in [-0.2, 0) is 22.6 Å². The van der Waals surface area contributed by atoms with Gasteiger partial charge in [0.15, 0.2) is 0 Å². The third kappa shape index (κ3) is 7.68. The van der Waals surface area contributed by atoms with Gasteiger partial charge in [0.25, 0.3) is 0 Å². The van der Waals surface area contributed by atoms with Crippen molar-refractivity contribution >= 4 is 11.8 Å². The lowest BCUT2D eigenvalue weighted by molar-refractivity contribution is -0.132. The second kappa shape index (κ2) is 14.0. The number of hydrogen-bond donors (Lipinski definition) is 3. The number of aliphatic hydroxyl groups excluding tert-OH is 1. The van der Waals surface area contributed by atoms with Crippen LogP contribution < -0.4 is 11.1 Å². The molecule has 1 heterocycles. The summed E-state index contributed by atoms with van der Waals surface area (Å²) in [5.41, 5.74) is 7.49. The van der Waals surface area contributed by atoms with Gasteiger partial charge in [0, 0.05) is 49.3 Å². The molecule has 224 valence electrons. The molecule has 1 aromatic heterocycles. The van der Waals surface area contributed by atoms with Crippen molar-refractivity contribution in [3.8, 4) is 0 Å². The summed E-state index contributed by atoms with van der Waals surface area (Å²) in [5, 5.41) is 18.7. The summed E-state index contributed by atoms with van der Waals surface area (Å²) in [6.45, 7) is 10.9. The first-order valence-electron chi connectivity index (χ1n) is 14.2. The Morgan fingerprint density at radius 3 is 2.32 bits per heavy atom. The number of carbonyl (C=O) groups excluding carboxylic acids is 2. The summed E-state index contributed by atoms with van der Waals surface area (Å²) >= 11 is 0. The van der Waals surface area contributed by atoms with Crippen molar-refractivity contribution in [2.45, 2.75) is 73.0 Å². The third-order valence-corrected chi connectivity index (χ3v) is 7.72. The van der Waals surface area contributed by atoms with Crippen molar-refractivity contribution < 1.29 is 28.0 Å². The fourth-order valence-corrected chi connectivity index (χ4v) is 5.80. The number of amides is 2. The number of allylic oxidation sites excluding steroid dienone is 2. The Morgan fingerprint density at radius 1 is 1.15 bits per heavy atom. The average molecular weight is 573 g/mol. The van der Waals surface area contributed by atoms with Gasteiger partial charge in [-0.25, -0.2) is 8.78 Å². The molecule has 0 saturated carbocycles. The minimum atomic E-state index is -1.49. The van der Waals surface area contributed by atoms with Gasteiger partial charge in [-0.1, -0.05) is 36.7 Å². The third-order valence-electron chi connectivity index (χ3n) is 7.72. The Kier molecular flexibility index (Phi) is 11.0. The number of hydrogen-bond acceptors (Lipinski definition) is 6. The molecule has 8 nitrogen and oxygen atoms in total. The van der Waals surface area contributed by atoms with Gasteiger partial charge >= 0.3 is 0 Å². The van der Waals surface area contributed by atoms with Gasteiger partial charge in [-0.3, -0.25) is 9.59 Å². The fourth-order valence-electron chi connectivity index (χ4n) is 5.80. The molecule has 3 rings (SSSR count). The molecule has 1 unspecified atom stereocenters. The number of benzene rings is 1. The van der Waals surface area contributed by atoms with Gasteiger partial charge in [-0.2, -0.15) is 0 Å². The SMILES string of the molecule is CCCN(CCC)C(=O)C1=CC(C)=CC(C(N)=O)([C@H](Cc2cc(F)cc(F)c2)[C@@H](O)CNCc2c(C)noc2C)C1. The zero-order chi connectivity index (χ0) is 30.3. The summed E-state index contributed by atoms with van der Waals surface area (Å²) in [6, 6.07) is 3.13. The quantitative estimate of drug-likeness (QED) is 0.311. The maximum absolute atomic E-state index is 14.2. The maximum Gasteiger partial charge on any atom is 0.249 e. The Morgan fingerprint density at radius 2 is 1.78 bits per heavy atom. The van der Waals surface area contributed by atoms with Crippen LogP contribution in [0.2, 0.25) is 0 Å². The number of primary amides is 1. The van der Waals surface area contributed by atoms with Gasteiger partial charge in [0.05, 0.1) is 17.2 Å². The van der Waals surface area contributed by atoms with Crippen molar-refractivity contribution in [2.75, 3.05) is 19.6 Å². The second-order valence-electron chi connectivity index (χ2n) is 11.0. The molecular formula is C31H42F2N4O4. The molecule has 2 aromatic rings. The van der Waals surface area contributed by atoms with Crippen LogP contribution in [-0.4, -0.2) is 52.7 Å². The number of aromatic nitrogens is 1. The normalized spacial score (nSPS) is 18.4. The van der Waals surface area contributed by atoms with Crippen LogP contribution in [0.1, 0.15) is 62.6 Å². The Bertz CT molecular complexity index is 1260. The lowest BCUT2D eigenvalue weighted by atomic mass is 9.63. The molecule has 2 amide bonds. The summed E-state index contributed by atoms with van der Waals surface area (Å²) in [7, 11) is 0. The molecule has 1 aliphatic rings. The molecule has 41 heavy (non-hydrogen) atoms. The van der Waals surface area contributed by atoms with Crippen molar-refractivity contribution in [1.82, 2.24) is 15.4 Å². The van der Waals surface area contributed by atoms with E-state index in [4.69, 9.17) is 10.3 Å². The van der Waals surface area contributed by atoms with Crippen molar-refractivity contribution in [3.05, 3.63) is 75.7 Å². The first kappa shape index (κ1) is 32.1. The second-order valence-corrected chi connectivity index (χ2v) is 11.0. The van der Waals surface area contributed by atoms with Crippen LogP contribution in [0, 0.1) is 36.8 Å². The van der Waals surface area contributed by atoms with E-state index in [1.165, 1.54) is 12.1 Å². The summed E-state index contributed by atoms with van der Waals surface area (Å²) in [5.74, 6) is -2.70. The minimum absolute atomic E-state index is 0.0359. The van der Waals surface area contributed by atoms with Crippen LogP contribution in [0.15, 0.2) is 46.0 Å². The molecule has 4 N–H and O–H groups in total. The van der Waals surface area contributed by atoms with E-state index in [0.29, 0.717) is 42.2 Å². The Hall–Kier alpha value is -3.37. The average Bonchev–Trinajstić information content (AvgIpc) is 3.22. The number of aryl methyl sites for hydroxylation is 2. The summed E-state index contributed by atoms with van der Waals surface area (Å²) < 4.78 is 33.6. The number of carbonyl (C=O) groups is 2. The first-order chi connectivity index (χ1) is 19.4. The van der Waals surface area contributed by atoms with Crippen molar-refractivity contribution in [2.24, 2.45) is 17.1 Å². The molecule has 1 aromatic carbocycles. The predicted octanol–water partition coefficient (Wildman–Crippen LogP) is 4.28. The molecule has 0 saturated heterocycles. The van der Waals surface area contributed by atoms with E-state index in [-0.39, 0.29) is 30.9 Å². The molecule has 0 fully saturated rings. The van der Waals surface area contributed by atoms with Crippen LogP contribution >= 0.6 is 0 Å². The van der Waals surface area contributed by atoms with E-state index in [2.05, 4.69) is 10.5 Å². The number of halogens is 2.